The molecule has 106 valence electrons. The van der Waals surface area contributed by atoms with E-state index in [0.29, 0.717) is 5.69 Å². The molecule has 0 amide bonds. The lowest BCUT2D eigenvalue weighted by molar-refractivity contribution is 0.483. The standard InChI is InChI=1S/C20H15NO/c21-18-7-4-8-20(15-18)22-19-13-11-17(12-14-19)10-9-16-5-2-1-3-6-16/h1-8,11-15H,21H2. The zero-order valence-electron chi connectivity index (χ0n) is 12.0. The molecular formula is C20H15NO. The highest BCUT2D eigenvalue weighted by Gasteiger charge is 1.97. The zero-order valence-corrected chi connectivity index (χ0v) is 12.0. The quantitative estimate of drug-likeness (QED) is 0.557. The second kappa shape index (κ2) is 6.51. The monoisotopic (exact) mass is 285 g/mol. The van der Waals surface area contributed by atoms with Crippen molar-refractivity contribution in [3.8, 4) is 23.3 Å². The second-order valence-electron chi connectivity index (χ2n) is 4.81. The first-order valence-corrected chi connectivity index (χ1v) is 7.00. The van der Waals surface area contributed by atoms with Gasteiger partial charge < -0.3 is 10.5 Å². The molecule has 0 spiro atoms. The lowest BCUT2D eigenvalue weighted by Crippen LogP contribution is -1.87. The Morgan fingerprint density at radius 3 is 2.00 bits per heavy atom. The highest BCUT2D eigenvalue weighted by molar-refractivity contribution is 5.47. The lowest BCUT2D eigenvalue weighted by atomic mass is 10.2. The lowest BCUT2D eigenvalue weighted by Gasteiger charge is -2.06. The van der Waals surface area contributed by atoms with Gasteiger partial charge in [0.25, 0.3) is 0 Å². The summed E-state index contributed by atoms with van der Waals surface area (Å²) in [5, 5.41) is 0. The van der Waals surface area contributed by atoms with Crippen molar-refractivity contribution in [1.82, 2.24) is 0 Å². The van der Waals surface area contributed by atoms with E-state index in [1.54, 1.807) is 6.07 Å². The summed E-state index contributed by atoms with van der Waals surface area (Å²) in [6.07, 6.45) is 0. The average Bonchev–Trinajstić information content (AvgIpc) is 2.55. The molecule has 0 atom stereocenters. The van der Waals surface area contributed by atoms with Crippen molar-refractivity contribution >= 4 is 5.69 Å². The summed E-state index contributed by atoms with van der Waals surface area (Å²) in [5.74, 6) is 7.75. The predicted molar refractivity (Wildman–Crippen MR) is 89.8 cm³/mol. The van der Waals surface area contributed by atoms with E-state index < -0.39 is 0 Å². The summed E-state index contributed by atoms with van der Waals surface area (Å²) >= 11 is 0. The molecule has 2 nitrogen and oxygen atoms in total. The van der Waals surface area contributed by atoms with E-state index in [2.05, 4.69) is 11.8 Å². The maximum absolute atomic E-state index is 5.75. The van der Waals surface area contributed by atoms with Crippen LogP contribution in [0.5, 0.6) is 11.5 Å². The Balaban J connectivity index is 1.72. The minimum absolute atomic E-state index is 0.683. The maximum Gasteiger partial charge on any atom is 0.129 e. The second-order valence-corrected chi connectivity index (χ2v) is 4.81. The zero-order chi connectivity index (χ0) is 15.2. The number of nitrogen functional groups attached to an aromatic ring is 1. The topological polar surface area (TPSA) is 35.2 Å². The summed E-state index contributed by atoms with van der Waals surface area (Å²) in [6.45, 7) is 0. The van der Waals surface area contributed by atoms with Gasteiger partial charge in [0.2, 0.25) is 0 Å². The Morgan fingerprint density at radius 2 is 1.32 bits per heavy atom. The molecule has 2 N–H and O–H groups in total. The molecule has 0 fully saturated rings. The number of anilines is 1. The molecule has 2 heteroatoms. The van der Waals surface area contributed by atoms with Crippen LogP contribution in [-0.4, -0.2) is 0 Å². The van der Waals surface area contributed by atoms with Gasteiger partial charge in [-0.1, -0.05) is 36.1 Å². The number of rotatable bonds is 2. The number of nitrogens with two attached hydrogens (primary N) is 1. The van der Waals surface area contributed by atoms with Crippen LogP contribution < -0.4 is 10.5 Å². The van der Waals surface area contributed by atoms with E-state index in [0.717, 1.165) is 22.6 Å². The molecule has 0 radical (unpaired) electrons. The van der Waals surface area contributed by atoms with Crippen LogP contribution in [0.4, 0.5) is 5.69 Å². The molecular weight excluding hydrogens is 270 g/mol. The van der Waals surface area contributed by atoms with E-state index in [1.165, 1.54) is 0 Å². The predicted octanol–water partition coefficient (Wildman–Crippen LogP) is 4.46. The molecule has 0 saturated carbocycles. The van der Waals surface area contributed by atoms with Crippen molar-refractivity contribution < 1.29 is 4.74 Å². The van der Waals surface area contributed by atoms with Crippen molar-refractivity contribution in [3.05, 3.63) is 90.0 Å². The Hall–Kier alpha value is -3.18. The van der Waals surface area contributed by atoms with Gasteiger partial charge in [0, 0.05) is 22.9 Å². The molecule has 0 unspecified atom stereocenters. The molecule has 0 saturated heterocycles. The van der Waals surface area contributed by atoms with Gasteiger partial charge in [0.05, 0.1) is 0 Å². The Morgan fingerprint density at radius 1 is 0.636 bits per heavy atom. The molecule has 0 aliphatic rings. The van der Waals surface area contributed by atoms with Crippen molar-refractivity contribution in [2.24, 2.45) is 0 Å². The van der Waals surface area contributed by atoms with E-state index in [4.69, 9.17) is 10.5 Å². The minimum atomic E-state index is 0.683. The van der Waals surface area contributed by atoms with Crippen LogP contribution in [0.3, 0.4) is 0 Å². The van der Waals surface area contributed by atoms with Crippen LogP contribution in [0.1, 0.15) is 11.1 Å². The molecule has 3 rings (SSSR count). The van der Waals surface area contributed by atoms with Gasteiger partial charge in [0.1, 0.15) is 11.5 Å². The number of ether oxygens (including phenoxy) is 1. The molecule has 0 aliphatic heterocycles. The molecule has 22 heavy (non-hydrogen) atoms. The first-order chi connectivity index (χ1) is 10.8. The van der Waals surface area contributed by atoms with Crippen molar-refractivity contribution in [1.29, 1.82) is 0 Å². The molecule has 0 heterocycles. The maximum atomic E-state index is 5.75. The third-order valence-electron chi connectivity index (χ3n) is 3.07. The van der Waals surface area contributed by atoms with Gasteiger partial charge in [0.15, 0.2) is 0 Å². The van der Waals surface area contributed by atoms with E-state index in [-0.39, 0.29) is 0 Å². The van der Waals surface area contributed by atoms with Gasteiger partial charge in [-0.15, -0.1) is 0 Å². The number of hydrogen-bond acceptors (Lipinski definition) is 2. The SMILES string of the molecule is Nc1cccc(Oc2ccc(C#Cc3ccccc3)cc2)c1. The third kappa shape index (κ3) is 3.68. The fourth-order valence-electron chi connectivity index (χ4n) is 1.99. The van der Waals surface area contributed by atoms with Crippen LogP contribution in [-0.2, 0) is 0 Å². The summed E-state index contributed by atoms with van der Waals surface area (Å²) in [6, 6.07) is 25.0. The van der Waals surface area contributed by atoms with Gasteiger partial charge in [-0.05, 0) is 48.5 Å². The summed E-state index contributed by atoms with van der Waals surface area (Å²) in [7, 11) is 0. The van der Waals surface area contributed by atoms with Crippen molar-refractivity contribution in [2.45, 2.75) is 0 Å². The summed E-state index contributed by atoms with van der Waals surface area (Å²) in [5.41, 5.74) is 8.37. The van der Waals surface area contributed by atoms with Crippen LogP contribution in [0.25, 0.3) is 0 Å². The van der Waals surface area contributed by atoms with Crippen LogP contribution >= 0.6 is 0 Å². The Bertz CT molecular complexity index is 812. The molecule has 0 aromatic heterocycles. The summed E-state index contributed by atoms with van der Waals surface area (Å²) in [4.78, 5) is 0. The normalized spacial score (nSPS) is 9.64. The highest BCUT2D eigenvalue weighted by Crippen LogP contribution is 2.23. The van der Waals surface area contributed by atoms with Crippen LogP contribution in [0, 0.1) is 11.8 Å². The molecule has 0 bridgehead atoms. The first-order valence-electron chi connectivity index (χ1n) is 7.00. The largest absolute Gasteiger partial charge is 0.457 e. The number of hydrogen-bond donors (Lipinski definition) is 1. The average molecular weight is 285 g/mol. The van der Waals surface area contributed by atoms with Crippen molar-refractivity contribution in [2.75, 3.05) is 5.73 Å². The molecule has 0 aliphatic carbocycles. The smallest absolute Gasteiger partial charge is 0.129 e. The van der Waals surface area contributed by atoms with Crippen LogP contribution in [0.15, 0.2) is 78.9 Å². The minimum Gasteiger partial charge on any atom is -0.457 e. The van der Waals surface area contributed by atoms with Gasteiger partial charge in [-0.25, -0.2) is 0 Å². The van der Waals surface area contributed by atoms with Gasteiger partial charge >= 0.3 is 0 Å². The van der Waals surface area contributed by atoms with Gasteiger partial charge in [-0.2, -0.15) is 0 Å². The molecule has 3 aromatic carbocycles. The first kappa shape index (κ1) is 13.8. The van der Waals surface area contributed by atoms with E-state index in [9.17, 15) is 0 Å². The Labute approximate surface area is 130 Å². The third-order valence-corrected chi connectivity index (χ3v) is 3.07. The van der Waals surface area contributed by atoms with Gasteiger partial charge in [-0.3, -0.25) is 0 Å². The number of benzene rings is 3. The fourth-order valence-corrected chi connectivity index (χ4v) is 1.99. The summed E-state index contributed by atoms with van der Waals surface area (Å²) < 4.78 is 5.75. The van der Waals surface area contributed by atoms with Crippen LogP contribution in [0.2, 0.25) is 0 Å². The highest BCUT2D eigenvalue weighted by atomic mass is 16.5. The fraction of sp³-hybridized carbons (Fsp3) is 0. The van der Waals surface area contributed by atoms with Crippen molar-refractivity contribution in [3.63, 3.8) is 0 Å². The molecule has 3 aromatic rings. The van der Waals surface area contributed by atoms with E-state index >= 15 is 0 Å². The van der Waals surface area contributed by atoms with E-state index in [1.807, 2.05) is 72.8 Å². The Kier molecular flexibility index (Phi) is 4.08.